The van der Waals surface area contributed by atoms with Crippen LogP contribution in [0.3, 0.4) is 0 Å². The molecule has 2 unspecified atom stereocenters. The SMILES string of the molecule is C=Cc1ccc(Oc2ccc(C3(c4cc(F)ccc4F)c4ccccc4-c4ccc(N(c5ccc(C)c(F)c5)c5ccc6c(c5)C5(c7ccccc7-6)c6ccccc6-c6ccc(N(c7ccc(C)c(F)c7)c7ccc8c(c7)C(c7ccc(Oc9ccc(C=C)cc9)cc7)(c7cc(F)ccc7F)c7ccccc7-8)cc65)cc43)cc2)cc1. The van der Waals surface area contributed by atoms with Gasteiger partial charge in [-0.3, -0.25) is 0 Å². The summed E-state index contributed by atoms with van der Waals surface area (Å²) in [5.74, 6) is -1.01. The van der Waals surface area contributed by atoms with E-state index in [0.29, 0.717) is 90.5 Å². The van der Waals surface area contributed by atoms with Crippen molar-refractivity contribution in [1.82, 2.24) is 0 Å². The van der Waals surface area contributed by atoms with Crippen LogP contribution >= 0.6 is 0 Å². The summed E-state index contributed by atoms with van der Waals surface area (Å²) < 4.78 is 114. The van der Waals surface area contributed by atoms with Gasteiger partial charge >= 0.3 is 0 Å². The lowest BCUT2D eigenvalue weighted by atomic mass is 9.67. The number of rotatable bonds is 16. The maximum atomic E-state index is 17.5. The first-order valence-corrected chi connectivity index (χ1v) is 38.2. The van der Waals surface area contributed by atoms with Gasteiger partial charge in [0.25, 0.3) is 0 Å². The minimum atomic E-state index is -1.46. The van der Waals surface area contributed by atoms with Gasteiger partial charge in [-0.15, -0.1) is 0 Å². The van der Waals surface area contributed by atoms with E-state index in [4.69, 9.17) is 9.47 Å². The summed E-state index contributed by atoms with van der Waals surface area (Å²) in [4.78, 5) is 4.09. The molecule has 0 bridgehead atoms. The maximum absolute atomic E-state index is 17.5. The maximum Gasteiger partial charge on any atom is 0.128 e. The molecule has 20 rings (SSSR count). The Morgan fingerprint density at radius 2 is 0.513 bits per heavy atom. The highest BCUT2D eigenvalue weighted by Crippen LogP contribution is 2.66. The summed E-state index contributed by atoms with van der Waals surface area (Å²) in [6.45, 7) is 11.3. The molecule has 0 amide bonds. The summed E-state index contributed by atoms with van der Waals surface area (Å²) in [5, 5.41) is 0. The Morgan fingerprint density at radius 1 is 0.243 bits per heavy atom. The van der Waals surface area contributed by atoms with Crippen LogP contribution in [0.1, 0.15) is 89.0 Å². The Morgan fingerprint density at radius 3 is 0.826 bits per heavy atom. The summed E-state index contributed by atoms with van der Waals surface area (Å²) in [6, 6.07) is 106. The molecule has 0 heterocycles. The standard InChI is InChI=1S/C105H68F6N2O2/c1-5-65-25-41-77(42-26-65)114-79-45-29-67(30-46-79)103(97-55-69(106)33-53-99(97)108)89-19-11-7-15-81(89)85-49-37-71(57-93(85)103)112(75-35-23-63(3)101(110)61-75)73-39-51-87-83-17-9-13-21-91(83)105(95(87)59-73)92-22-14-10-18-84(92)88-52-40-74(60-96(88)105)113(76-36-24-64(4)102(111)62-76)72-38-50-86-82-16-8-12-20-90(82)104(94(86)58-72,98-56-70(107)34-54-100(98)109)68-31-47-80(48-32-68)115-78-43-27-66(6-2)28-44-78/h5-62H,1-2H2,3-4H3. The van der Waals surface area contributed by atoms with Gasteiger partial charge in [-0.25, -0.2) is 26.3 Å². The summed E-state index contributed by atoms with van der Waals surface area (Å²) in [6.07, 6.45) is 3.52. The zero-order valence-corrected chi connectivity index (χ0v) is 62.4. The van der Waals surface area contributed by atoms with Gasteiger partial charge in [-0.05, 0) is 294 Å². The van der Waals surface area contributed by atoms with Gasteiger partial charge in [0.15, 0.2) is 0 Å². The van der Waals surface area contributed by atoms with E-state index in [2.05, 4.69) is 98.1 Å². The van der Waals surface area contributed by atoms with Crippen LogP contribution in [0.15, 0.2) is 353 Å². The first kappa shape index (κ1) is 69.9. The molecule has 1 spiro atoms. The van der Waals surface area contributed by atoms with Crippen LogP contribution in [0.5, 0.6) is 23.0 Å². The van der Waals surface area contributed by atoms with Crippen molar-refractivity contribution in [3.63, 3.8) is 0 Å². The van der Waals surface area contributed by atoms with Crippen LogP contribution < -0.4 is 19.3 Å². The molecule has 4 aliphatic rings. The van der Waals surface area contributed by atoms with Gasteiger partial charge < -0.3 is 19.3 Å². The summed E-state index contributed by atoms with van der Waals surface area (Å²) in [5.41, 5.74) is 17.8. The normalized spacial score (nSPS) is 16.0. The van der Waals surface area contributed by atoms with Crippen molar-refractivity contribution in [3.05, 3.63) is 477 Å². The highest BCUT2D eigenvalue weighted by atomic mass is 19.1. The second-order valence-electron chi connectivity index (χ2n) is 29.9. The Kier molecular flexibility index (Phi) is 16.4. The van der Waals surface area contributed by atoms with Gasteiger partial charge in [0.1, 0.15) is 57.9 Å². The van der Waals surface area contributed by atoms with Crippen molar-refractivity contribution in [2.45, 2.75) is 30.1 Å². The third-order valence-corrected chi connectivity index (χ3v) is 23.9. The van der Waals surface area contributed by atoms with Crippen LogP contribution in [0.4, 0.5) is 60.5 Å². The molecule has 16 aromatic rings. The highest BCUT2D eigenvalue weighted by molar-refractivity contribution is 5.99. The fourth-order valence-corrected chi connectivity index (χ4v) is 18.8. The Balaban J connectivity index is 0.779. The molecule has 4 nitrogen and oxygen atoms in total. The highest BCUT2D eigenvalue weighted by Gasteiger charge is 2.54. The van der Waals surface area contributed by atoms with Gasteiger partial charge in [-0.2, -0.15) is 0 Å². The fraction of sp³-hybridized carbons (Fsp3) is 0.0476. The second kappa shape index (κ2) is 27.0. The molecule has 0 aliphatic heterocycles. The number of aryl methyl sites for hydroxylation is 2. The van der Waals surface area contributed by atoms with Gasteiger partial charge in [0.2, 0.25) is 0 Å². The first-order valence-electron chi connectivity index (χ1n) is 38.2. The van der Waals surface area contributed by atoms with E-state index in [1.807, 2.05) is 204 Å². The lowest BCUT2D eigenvalue weighted by molar-refractivity contribution is 0.481. The number of hydrogen-bond acceptors (Lipinski definition) is 4. The minimum absolute atomic E-state index is 0.104. The van der Waals surface area contributed by atoms with Crippen LogP contribution in [0.25, 0.3) is 56.7 Å². The smallest absolute Gasteiger partial charge is 0.128 e. The van der Waals surface area contributed by atoms with Crippen LogP contribution in [0, 0.1) is 48.8 Å². The van der Waals surface area contributed by atoms with E-state index in [-0.39, 0.29) is 11.1 Å². The monoisotopic (exact) mass is 1500 g/mol. The van der Waals surface area contributed by atoms with Crippen LogP contribution in [-0.4, -0.2) is 0 Å². The average Bonchev–Trinajstić information content (AvgIpc) is 1.55. The molecule has 0 radical (unpaired) electrons. The van der Waals surface area contributed by atoms with Crippen molar-refractivity contribution in [2.75, 3.05) is 9.80 Å². The zero-order chi connectivity index (χ0) is 78.2. The number of ether oxygens (including phenoxy) is 2. The molecule has 4 aliphatic carbocycles. The van der Waals surface area contributed by atoms with E-state index in [1.54, 1.807) is 50.3 Å². The number of nitrogens with zero attached hydrogens (tertiary/aromatic N) is 2. The number of benzene rings is 16. The van der Waals surface area contributed by atoms with E-state index < -0.39 is 51.1 Å². The van der Waals surface area contributed by atoms with E-state index >= 15 is 26.3 Å². The minimum Gasteiger partial charge on any atom is -0.457 e. The van der Waals surface area contributed by atoms with E-state index in [1.165, 1.54) is 24.3 Å². The molecule has 16 aromatic carbocycles. The molecule has 0 fully saturated rings. The molecule has 0 saturated carbocycles. The molecule has 10 heteroatoms. The molecule has 2 atom stereocenters. The number of fused-ring (bicyclic) bond motifs is 16. The van der Waals surface area contributed by atoms with E-state index in [0.717, 1.165) is 101 Å². The number of hydrogen-bond donors (Lipinski definition) is 0. The Bertz CT molecular complexity index is 6310. The molecule has 115 heavy (non-hydrogen) atoms. The van der Waals surface area contributed by atoms with Gasteiger partial charge in [0, 0.05) is 45.3 Å². The average molecular weight is 1500 g/mol. The molecular formula is C105H68F6N2O2. The van der Waals surface area contributed by atoms with Gasteiger partial charge in [0.05, 0.1) is 16.2 Å². The van der Waals surface area contributed by atoms with Crippen LogP contribution in [-0.2, 0) is 16.2 Å². The topological polar surface area (TPSA) is 24.9 Å². The van der Waals surface area contributed by atoms with Crippen molar-refractivity contribution >= 4 is 46.3 Å². The number of anilines is 6. The molecule has 0 saturated heterocycles. The quantitative estimate of drug-likeness (QED) is 0.0900. The lowest BCUT2D eigenvalue weighted by Gasteiger charge is -2.36. The fourth-order valence-electron chi connectivity index (χ4n) is 18.8. The van der Waals surface area contributed by atoms with Crippen molar-refractivity contribution in [1.29, 1.82) is 0 Å². The first-order chi connectivity index (χ1) is 56.1. The Hall–Kier alpha value is -14.2. The third kappa shape index (κ3) is 10.8. The largest absolute Gasteiger partial charge is 0.457 e. The molecular weight excluding hydrogens is 1440 g/mol. The predicted octanol–water partition coefficient (Wildman–Crippen LogP) is 28.0. The van der Waals surface area contributed by atoms with E-state index in [9.17, 15) is 0 Å². The zero-order valence-electron chi connectivity index (χ0n) is 62.4. The summed E-state index contributed by atoms with van der Waals surface area (Å²) in [7, 11) is 0. The Labute approximate surface area is 662 Å². The van der Waals surface area contributed by atoms with Crippen molar-refractivity contribution < 1.29 is 35.8 Å². The van der Waals surface area contributed by atoms with Crippen molar-refractivity contribution in [2.24, 2.45) is 0 Å². The lowest BCUT2D eigenvalue weighted by Crippen LogP contribution is -2.30. The number of halogens is 6. The van der Waals surface area contributed by atoms with Gasteiger partial charge in [-0.1, -0.05) is 207 Å². The second-order valence-corrected chi connectivity index (χ2v) is 29.9. The third-order valence-electron chi connectivity index (χ3n) is 23.9. The predicted molar refractivity (Wildman–Crippen MR) is 449 cm³/mol. The molecule has 552 valence electrons. The summed E-state index contributed by atoms with van der Waals surface area (Å²) >= 11 is 0. The van der Waals surface area contributed by atoms with Crippen molar-refractivity contribution in [3.8, 4) is 67.5 Å². The van der Waals surface area contributed by atoms with Crippen LogP contribution in [0.2, 0.25) is 0 Å². The molecule has 0 aromatic heterocycles. The molecule has 0 N–H and O–H groups in total.